The van der Waals surface area contributed by atoms with E-state index in [4.69, 9.17) is 9.68 Å². The maximum atomic E-state index is 13.5. The largest absolute Gasteiger partial charge is 0.491 e. The molecule has 0 unspecified atom stereocenters. The van der Waals surface area contributed by atoms with Crippen molar-refractivity contribution < 1.29 is 23.6 Å². The Kier molecular flexibility index (Phi) is 11.5. The van der Waals surface area contributed by atoms with E-state index in [-0.39, 0.29) is 18.2 Å². The standard InChI is InChI=1S/C19H21FN4O.C12H15IN4.C7H6BFO2/c1-23-11-15(6-14-8-21-24(10-14)9-13-2-3-13)19(22-23)18-5-4-17(20)7-16(18)12-25;1-16-8-11(12(13)15-16)4-10-5-14-17(7-10)6-9-2-3-9;9-6-1-2-7-5(3-6)4-11-8(7)10/h4-5,7-8,10-11,13,25H,2-3,6,9,12H2,1H3;5,7-9H,2-4,6H2,1H3;1-3,10H,4H2. The Morgan fingerprint density at radius 1 is 0.792 bits per heavy atom. The normalized spacial score (nSPS) is 14.8. The lowest BCUT2D eigenvalue weighted by Gasteiger charge is -2.07. The number of aliphatic hydroxyl groups is 1. The lowest BCUT2D eigenvalue weighted by molar-refractivity contribution is 0.275. The quantitative estimate of drug-likeness (QED) is 0.144. The minimum absolute atomic E-state index is 0.220. The van der Waals surface area contributed by atoms with Crippen LogP contribution in [0.3, 0.4) is 0 Å². The zero-order valence-corrected chi connectivity index (χ0v) is 31.9. The highest BCUT2D eigenvalue weighted by Gasteiger charge is 2.27. The monoisotopic (exact) mass is 834 g/mol. The van der Waals surface area contributed by atoms with Crippen molar-refractivity contribution in [3.8, 4) is 11.3 Å². The Hall–Kier alpha value is -4.19. The van der Waals surface area contributed by atoms with E-state index < -0.39 is 7.12 Å². The molecule has 0 radical (unpaired) electrons. The smallest absolute Gasteiger partial charge is 0.423 e. The highest BCUT2D eigenvalue weighted by molar-refractivity contribution is 14.1. The summed E-state index contributed by atoms with van der Waals surface area (Å²) in [6.45, 7) is 2.16. The molecule has 5 heterocycles. The van der Waals surface area contributed by atoms with Gasteiger partial charge in [-0.3, -0.25) is 18.7 Å². The van der Waals surface area contributed by atoms with Gasteiger partial charge in [-0.2, -0.15) is 20.4 Å². The van der Waals surface area contributed by atoms with Crippen LogP contribution in [-0.2, 0) is 57.9 Å². The number of benzene rings is 2. The van der Waals surface area contributed by atoms with Crippen LogP contribution in [0.15, 0.2) is 73.6 Å². The summed E-state index contributed by atoms with van der Waals surface area (Å²) in [7, 11) is 2.96. The molecule has 9 rings (SSSR count). The van der Waals surface area contributed by atoms with Crippen molar-refractivity contribution in [2.45, 2.75) is 64.8 Å². The van der Waals surface area contributed by atoms with Crippen LogP contribution in [0.4, 0.5) is 8.78 Å². The maximum Gasteiger partial charge on any atom is 0.491 e. The zero-order chi connectivity index (χ0) is 37.1. The fourth-order valence-electron chi connectivity index (χ4n) is 6.41. The zero-order valence-electron chi connectivity index (χ0n) is 29.7. The van der Waals surface area contributed by atoms with Gasteiger partial charge in [0.05, 0.1) is 31.3 Å². The van der Waals surface area contributed by atoms with E-state index in [1.807, 2.05) is 42.0 Å². The minimum atomic E-state index is -0.870. The number of hydrogen-bond acceptors (Lipinski definition) is 7. The van der Waals surface area contributed by atoms with Crippen molar-refractivity contribution in [3.63, 3.8) is 0 Å². The summed E-state index contributed by atoms with van der Waals surface area (Å²) in [4.78, 5) is 0. The number of rotatable bonds is 10. The van der Waals surface area contributed by atoms with Gasteiger partial charge in [0, 0.05) is 81.5 Å². The predicted molar refractivity (Wildman–Crippen MR) is 205 cm³/mol. The number of aliphatic hydroxyl groups excluding tert-OH is 1. The summed E-state index contributed by atoms with van der Waals surface area (Å²) in [5, 5.41) is 36.4. The lowest BCUT2D eigenvalue weighted by Crippen LogP contribution is -2.27. The molecule has 0 amide bonds. The highest BCUT2D eigenvalue weighted by Crippen LogP contribution is 2.32. The van der Waals surface area contributed by atoms with Crippen LogP contribution in [0.2, 0.25) is 0 Å². The average Bonchev–Trinajstić information content (AvgIpc) is 3.87. The van der Waals surface area contributed by atoms with Gasteiger partial charge in [-0.15, -0.1) is 0 Å². The molecule has 2 aliphatic carbocycles. The molecule has 2 N–H and O–H groups in total. The van der Waals surface area contributed by atoms with E-state index in [1.54, 1.807) is 16.8 Å². The summed E-state index contributed by atoms with van der Waals surface area (Å²) >= 11 is 2.29. The molecule has 0 bridgehead atoms. The van der Waals surface area contributed by atoms with Crippen molar-refractivity contribution >= 4 is 35.2 Å². The summed E-state index contributed by atoms with van der Waals surface area (Å²) in [5.41, 5.74) is 8.22. The van der Waals surface area contributed by atoms with Crippen molar-refractivity contribution in [1.29, 1.82) is 0 Å². The molecule has 11 nitrogen and oxygen atoms in total. The first-order chi connectivity index (χ1) is 25.6. The van der Waals surface area contributed by atoms with Crippen molar-refractivity contribution in [1.82, 2.24) is 39.1 Å². The van der Waals surface area contributed by atoms with Gasteiger partial charge in [-0.1, -0.05) is 6.07 Å². The van der Waals surface area contributed by atoms with Crippen LogP contribution >= 0.6 is 22.6 Å². The van der Waals surface area contributed by atoms with E-state index in [2.05, 4.69) is 66.3 Å². The summed E-state index contributed by atoms with van der Waals surface area (Å²) < 4.78 is 39.7. The first-order valence-electron chi connectivity index (χ1n) is 17.8. The second-order valence-corrected chi connectivity index (χ2v) is 15.2. The highest BCUT2D eigenvalue weighted by atomic mass is 127. The van der Waals surface area contributed by atoms with E-state index in [9.17, 15) is 13.9 Å². The average molecular weight is 835 g/mol. The Morgan fingerprint density at radius 2 is 1.38 bits per heavy atom. The number of aromatic nitrogens is 8. The van der Waals surface area contributed by atoms with Gasteiger partial charge in [-0.05, 0) is 118 Å². The van der Waals surface area contributed by atoms with Gasteiger partial charge >= 0.3 is 7.12 Å². The molecule has 53 heavy (non-hydrogen) atoms. The molecule has 0 saturated heterocycles. The van der Waals surface area contributed by atoms with Gasteiger partial charge < -0.3 is 14.8 Å². The van der Waals surface area contributed by atoms with Crippen LogP contribution in [0.25, 0.3) is 11.3 Å². The Morgan fingerprint density at radius 3 is 1.98 bits per heavy atom. The van der Waals surface area contributed by atoms with Gasteiger partial charge in [-0.25, -0.2) is 8.78 Å². The van der Waals surface area contributed by atoms with Crippen LogP contribution in [0.5, 0.6) is 0 Å². The molecule has 0 spiro atoms. The summed E-state index contributed by atoms with van der Waals surface area (Å²) in [6.07, 6.45) is 19.2. The van der Waals surface area contributed by atoms with Crippen molar-refractivity contribution in [2.75, 3.05) is 0 Å². The molecule has 3 aliphatic rings. The first kappa shape index (κ1) is 37.1. The molecule has 0 atom stereocenters. The van der Waals surface area contributed by atoms with Crippen LogP contribution in [0.1, 0.15) is 59.1 Å². The number of aryl methyl sites for hydroxylation is 2. The molecule has 2 fully saturated rings. The molecule has 6 aromatic rings. The van der Waals surface area contributed by atoms with Crippen LogP contribution in [0, 0.1) is 27.2 Å². The third-order valence-corrected chi connectivity index (χ3v) is 10.4. The first-order valence-corrected chi connectivity index (χ1v) is 18.9. The predicted octanol–water partition coefficient (Wildman–Crippen LogP) is 5.18. The van der Waals surface area contributed by atoms with Crippen LogP contribution in [-0.4, -0.2) is 56.4 Å². The molecular formula is C38H42BF2IN8O3. The van der Waals surface area contributed by atoms with E-state index in [0.717, 1.165) is 63.0 Å². The van der Waals surface area contributed by atoms with E-state index in [1.165, 1.54) is 61.1 Å². The maximum absolute atomic E-state index is 13.5. The fraction of sp³-hybridized carbons (Fsp3) is 0.368. The number of fused-ring (bicyclic) bond motifs is 1. The van der Waals surface area contributed by atoms with Crippen LogP contribution < -0.4 is 5.46 Å². The van der Waals surface area contributed by atoms with E-state index >= 15 is 0 Å². The summed E-state index contributed by atoms with van der Waals surface area (Å²) in [6, 6.07) is 8.69. The second-order valence-electron chi connectivity index (χ2n) is 14.1. The third-order valence-electron chi connectivity index (χ3n) is 9.47. The molecule has 276 valence electrons. The van der Waals surface area contributed by atoms with Gasteiger partial charge in [0.1, 0.15) is 15.3 Å². The Labute approximate surface area is 320 Å². The Bertz CT molecular complexity index is 2170. The van der Waals surface area contributed by atoms with Crippen molar-refractivity contribution in [3.05, 3.63) is 122 Å². The summed E-state index contributed by atoms with van der Waals surface area (Å²) in [5.74, 6) is 1.02. The molecule has 15 heteroatoms. The number of hydrogen-bond donors (Lipinski definition) is 2. The van der Waals surface area contributed by atoms with Gasteiger partial charge in [0.15, 0.2) is 0 Å². The van der Waals surface area contributed by atoms with Gasteiger partial charge in [0.25, 0.3) is 0 Å². The fourth-order valence-corrected chi connectivity index (χ4v) is 7.08. The van der Waals surface area contributed by atoms with Gasteiger partial charge in [0.2, 0.25) is 0 Å². The topological polar surface area (TPSA) is 121 Å². The molecule has 2 saturated carbocycles. The molecule has 4 aromatic heterocycles. The molecular weight excluding hydrogens is 792 g/mol. The minimum Gasteiger partial charge on any atom is -0.423 e. The Balaban J connectivity index is 0.000000134. The number of halogens is 3. The lowest BCUT2D eigenvalue weighted by atomic mass is 9.80. The molecule has 2 aromatic carbocycles. The number of nitrogens with zero attached hydrogens (tertiary/aromatic N) is 8. The third kappa shape index (κ3) is 9.87. The second kappa shape index (κ2) is 16.4. The van der Waals surface area contributed by atoms with Crippen molar-refractivity contribution in [2.24, 2.45) is 25.9 Å². The van der Waals surface area contributed by atoms with E-state index in [0.29, 0.717) is 24.1 Å². The SMILES string of the molecule is Cn1cc(Cc2cnn(CC3CC3)c2)c(-c2ccc(F)cc2CO)n1.Cn1cc(Cc2cnn(CC3CC3)c2)c(I)n1.OB1OCc2cc(F)ccc21. The molecule has 1 aliphatic heterocycles.